The molecule has 3 aromatic rings. The molecule has 17 heteroatoms. The first kappa shape index (κ1) is 42.0. The van der Waals surface area contributed by atoms with E-state index in [0.29, 0.717) is 58.2 Å². The molecule has 318 valence electrons. The van der Waals surface area contributed by atoms with Crippen LogP contribution < -0.4 is 25.4 Å². The molecule has 1 aromatic carbocycles. The van der Waals surface area contributed by atoms with Crippen molar-refractivity contribution in [2.45, 2.75) is 103 Å². The van der Waals surface area contributed by atoms with Crippen LogP contribution in [0.3, 0.4) is 0 Å². The van der Waals surface area contributed by atoms with Crippen LogP contribution in [0.25, 0.3) is 22.3 Å². The normalized spacial score (nSPS) is 26.2. The van der Waals surface area contributed by atoms with Gasteiger partial charge in [-0.05, 0) is 68.9 Å². The summed E-state index contributed by atoms with van der Waals surface area (Å²) in [6.07, 6.45) is 4.20. The molecule has 1 saturated heterocycles. The number of halogens is 1. The first-order chi connectivity index (χ1) is 28.0. The maximum Gasteiger partial charge on any atom is 0.408 e. The monoisotopic (exact) mass is 836 g/mol. The van der Waals surface area contributed by atoms with Gasteiger partial charge in [-0.15, -0.1) is 6.58 Å². The van der Waals surface area contributed by atoms with Crippen molar-refractivity contribution in [3.63, 3.8) is 0 Å². The van der Waals surface area contributed by atoms with Crippen molar-refractivity contribution in [3.05, 3.63) is 42.1 Å². The van der Waals surface area contributed by atoms with E-state index in [-0.39, 0.29) is 43.2 Å². The second-order valence-electron chi connectivity index (χ2n) is 17.4. The number of carboxylic acid groups (broad SMARTS) is 1. The Morgan fingerprint density at radius 3 is 2.46 bits per heavy atom. The largest absolute Gasteiger partial charge is 0.490 e. The van der Waals surface area contributed by atoms with Gasteiger partial charge < -0.3 is 49.3 Å². The van der Waals surface area contributed by atoms with Gasteiger partial charge in [0.05, 0.1) is 24.4 Å². The van der Waals surface area contributed by atoms with Gasteiger partial charge in [-0.3, -0.25) is 9.59 Å². The molecule has 59 heavy (non-hydrogen) atoms. The van der Waals surface area contributed by atoms with E-state index in [2.05, 4.69) is 27.5 Å². The molecule has 3 heterocycles. The lowest BCUT2D eigenvalue weighted by molar-refractivity contribution is -0.146. The molecule has 16 nitrogen and oxygen atoms in total. The Labute approximate surface area is 347 Å². The number of fused-ring (bicyclic) bond motifs is 2. The molecule has 2 aromatic heterocycles. The summed E-state index contributed by atoms with van der Waals surface area (Å²) in [5.41, 5.74) is -1.25. The molecule has 4 aliphatic rings. The van der Waals surface area contributed by atoms with Crippen LogP contribution in [-0.2, 0) is 23.9 Å². The van der Waals surface area contributed by atoms with E-state index in [4.69, 9.17) is 39.9 Å². The van der Waals surface area contributed by atoms with Gasteiger partial charge in [0.15, 0.2) is 0 Å². The molecule has 7 rings (SSSR count). The summed E-state index contributed by atoms with van der Waals surface area (Å²) >= 11 is 6.92. The Hall–Kier alpha value is -5.09. The van der Waals surface area contributed by atoms with Crippen molar-refractivity contribution in [2.75, 3.05) is 32.2 Å². The smallest absolute Gasteiger partial charge is 0.408 e. The number of likely N-dealkylation sites (tertiary alicyclic amines) is 1. The summed E-state index contributed by atoms with van der Waals surface area (Å²) in [4.78, 5) is 65.4. The number of nitrogens with one attached hydrogen (secondary N) is 3. The number of methoxy groups -OCH3 is 1. The lowest BCUT2D eigenvalue weighted by Crippen LogP contribution is -2.59. The van der Waals surface area contributed by atoms with Crippen molar-refractivity contribution in [3.8, 4) is 22.9 Å². The SMILES string of the molecule is C=C[C@@H]1C[C@]1(NC(=O)[C@@H]1C[C@H](Oc2cc(-c3coc(NC(C)C)n3)nc3c(Cl)c(OCCOC)ccc23)CN1C(=O)[C@@H](NC(=O)O[C@@H]1C[C@@H]2C[C@@H]2C1)C(C)(C)C)C(=O)O. The van der Waals surface area contributed by atoms with Gasteiger partial charge in [-0.1, -0.05) is 38.4 Å². The molecule has 0 spiro atoms. The zero-order valence-corrected chi connectivity index (χ0v) is 35.0. The zero-order valence-electron chi connectivity index (χ0n) is 34.2. The van der Waals surface area contributed by atoms with E-state index in [1.165, 1.54) is 17.2 Å². The van der Waals surface area contributed by atoms with E-state index in [0.717, 1.165) is 19.3 Å². The first-order valence-electron chi connectivity index (χ1n) is 20.1. The Morgan fingerprint density at radius 1 is 1.07 bits per heavy atom. The Balaban J connectivity index is 1.21. The second kappa shape index (κ2) is 16.5. The number of aromatic nitrogens is 2. The van der Waals surface area contributed by atoms with Gasteiger partial charge in [0.25, 0.3) is 6.01 Å². The highest BCUT2D eigenvalue weighted by molar-refractivity contribution is 6.36. The molecule has 1 aliphatic heterocycles. The molecule has 4 N–H and O–H groups in total. The number of alkyl carbamates (subject to hydrolysis) is 1. The molecule has 0 unspecified atom stereocenters. The van der Waals surface area contributed by atoms with Crippen LogP contribution in [0.5, 0.6) is 11.5 Å². The zero-order chi connectivity index (χ0) is 42.4. The minimum absolute atomic E-state index is 0.00427. The van der Waals surface area contributed by atoms with Crippen LogP contribution >= 0.6 is 11.6 Å². The summed E-state index contributed by atoms with van der Waals surface area (Å²) in [5.74, 6) is -0.997. The van der Waals surface area contributed by atoms with Gasteiger partial charge in [0, 0.05) is 36.9 Å². The van der Waals surface area contributed by atoms with Gasteiger partial charge >= 0.3 is 12.1 Å². The maximum atomic E-state index is 14.7. The maximum absolute atomic E-state index is 14.7. The van der Waals surface area contributed by atoms with Gasteiger partial charge in [0.2, 0.25) is 11.8 Å². The number of rotatable bonds is 16. The van der Waals surface area contributed by atoms with Gasteiger partial charge in [0.1, 0.15) is 64.9 Å². The minimum atomic E-state index is -1.54. The Bertz CT molecular complexity index is 2110. The number of carboxylic acids is 1. The number of hydrogen-bond donors (Lipinski definition) is 4. The van der Waals surface area contributed by atoms with Crippen molar-refractivity contribution >= 4 is 52.4 Å². The number of hydrogen-bond acceptors (Lipinski definition) is 12. The number of ether oxygens (including phenoxy) is 4. The quantitative estimate of drug-likeness (QED) is 0.0994. The molecular formula is C42H53ClN6O10. The summed E-state index contributed by atoms with van der Waals surface area (Å²) in [6.45, 7) is 13.6. The van der Waals surface area contributed by atoms with Crippen LogP contribution in [0, 0.1) is 23.2 Å². The minimum Gasteiger partial charge on any atom is -0.490 e. The van der Waals surface area contributed by atoms with Crippen LogP contribution in [0.1, 0.15) is 66.7 Å². The molecule has 0 bridgehead atoms. The standard InChI is InChI=1S/C42H53ClN6O10/c1-8-24-18-42(24,38(52)53)48-36(50)30-16-26(19-49(30)37(51)35(41(4,5)6)47-40(54)59-25-14-22-13-23(22)15-25)58-32-17-28(29-20-57-39(46-29)44-21(2)3)45-34-27(32)9-10-31(33(34)43)56-12-11-55-7/h8-10,17,20-26,30,35H,1,11-16,18-19H2,2-7H3,(H,44,46)(H,47,54)(H,48,50)(H,52,53)/t22-,23+,24-,25+,26+,30+,35-,42-/m1/s1. The summed E-state index contributed by atoms with van der Waals surface area (Å²) in [5, 5.41) is 19.5. The molecular weight excluding hydrogens is 784 g/mol. The van der Waals surface area contributed by atoms with Crippen molar-refractivity contribution in [1.29, 1.82) is 0 Å². The highest BCUT2D eigenvalue weighted by Crippen LogP contribution is 2.52. The topological polar surface area (TPSA) is 204 Å². The number of oxazole rings is 1. The van der Waals surface area contributed by atoms with E-state index in [1.807, 2.05) is 34.6 Å². The van der Waals surface area contributed by atoms with Gasteiger partial charge in [-0.2, -0.15) is 4.98 Å². The van der Waals surface area contributed by atoms with Crippen molar-refractivity contribution < 1.29 is 47.6 Å². The average Bonchev–Trinajstić information content (AvgIpc) is 3.84. The number of carbonyl (C=O) groups is 4. The molecule has 3 aliphatic carbocycles. The lowest BCUT2D eigenvalue weighted by atomic mass is 9.85. The molecule has 0 radical (unpaired) electrons. The molecule has 3 saturated carbocycles. The Morgan fingerprint density at radius 2 is 1.81 bits per heavy atom. The van der Waals surface area contributed by atoms with Crippen molar-refractivity contribution in [1.82, 2.24) is 25.5 Å². The highest BCUT2D eigenvalue weighted by Gasteiger charge is 2.61. The number of pyridine rings is 1. The highest BCUT2D eigenvalue weighted by atomic mass is 35.5. The number of carbonyl (C=O) groups excluding carboxylic acids is 3. The fourth-order valence-electron chi connectivity index (χ4n) is 8.24. The fourth-order valence-corrected chi connectivity index (χ4v) is 8.50. The first-order valence-corrected chi connectivity index (χ1v) is 20.5. The predicted molar refractivity (Wildman–Crippen MR) is 217 cm³/mol. The van der Waals surface area contributed by atoms with Gasteiger partial charge in [-0.25, -0.2) is 14.6 Å². The van der Waals surface area contributed by atoms with E-state index < -0.39 is 58.9 Å². The number of aliphatic carboxylic acids is 1. The summed E-state index contributed by atoms with van der Waals surface area (Å²) in [6, 6.07) is 3.22. The third kappa shape index (κ3) is 8.93. The Kier molecular flexibility index (Phi) is 11.8. The number of amides is 3. The van der Waals surface area contributed by atoms with Crippen LogP contribution in [0.2, 0.25) is 5.02 Å². The van der Waals surface area contributed by atoms with E-state index in [1.54, 1.807) is 25.3 Å². The molecule has 4 fully saturated rings. The summed E-state index contributed by atoms with van der Waals surface area (Å²) < 4.78 is 29.1. The number of nitrogens with zero attached hydrogens (tertiary/aromatic N) is 3. The third-order valence-electron chi connectivity index (χ3n) is 11.6. The van der Waals surface area contributed by atoms with Crippen LogP contribution in [0.15, 0.2) is 41.5 Å². The summed E-state index contributed by atoms with van der Waals surface area (Å²) in [7, 11) is 1.57. The average molecular weight is 837 g/mol. The lowest BCUT2D eigenvalue weighted by Gasteiger charge is -2.35. The van der Waals surface area contributed by atoms with Crippen molar-refractivity contribution in [2.24, 2.45) is 23.2 Å². The molecule has 3 amide bonds. The number of anilines is 1. The van der Waals surface area contributed by atoms with Crippen LogP contribution in [-0.4, -0.2) is 107 Å². The fraction of sp³-hybridized carbons (Fsp3) is 0.571. The second-order valence-corrected chi connectivity index (χ2v) is 17.8. The molecule has 8 atom stereocenters. The predicted octanol–water partition coefficient (Wildman–Crippen LogP) is 5.82. The van der Waals surface area contributed by atoms with Crippen LogP contribution in [0.4, 0.5) is 10.8 Å². The third-order valence-corrected chi connectivity index (χ3v) is 12.0. The number of benzene rings is 1. The van der Waals surface area contributed by atoms with E-state index >= 15 is 0 Å². The van der Waals surface area contributed by atoms with E-state index in [9.17, 15) is 24.3 Å².